The van der Waals surface area contributed by atoms with Crippen LogP contribution in [0.25, 0.3) is 0 Å². The molecule has 0 bridgehead atoms. The first kappa shape index (κ1) is 46.8. The molecule has 0 atom stereocenters. The summed E-state index contributed by atoms with van der Waals surface area (Å²) in [7, 11) is 0. The number of carboxylic acid groups (broad SMARTS) is 2. The van der Waals surface area contributed by atoms with E-state index in [4.69, 9.17) is 7.56 Å². The van der Waals surface area contributed by atoms with Gasteiger partial charge in [-0.3, -0.25) is 0 Å². The van der Waals surface area contributed by atoms with Crippen molar-refractivity contribution in [1.82, 2.24) is 0 Å². The first-order chi connectivity index (χ1) is 19.4. The molecule has 0 aliphatic rings. The van der Waals surface area contributed by atoms with Crippen LogP contribution in [0, 0.1) is 0 Å². The van der Waals surface area contributed by atoms with Crippen LogP contribution in [0.15, 0.2) is 0 Å². The Kier molecular flexibility index (Phi) is 56.9. The molecule has 0 saturated carbocycles. The summed E-state index contributed by atoms with van der Waals surface area (Å²) >= 11 is -1.85. The number of rotatable bonds is 26. The van der Waals surface area contributed by atoms with E-state index in [1.807, 2.05) is 0 Å². The van der Waals surface area contributed by atoms with Crippen molar-refractivity contribution in [2.75, 3.05) is 0 Å². The van der Waals surface area contributed by atoms with Gasteiger partial charge in [0.1, 0.15) is 0 Å². The fraction of sp³-hybridized carbons (Fsp3) is 0.938. The second kappa shape index (κ2) is 48.6. The molecule has 0 N–H and O–H groups in total. The number of hydrogen-bond acceptors (Lipinski definition) is 6. The summed E-state index contributed by atoms with van der Waals surface area (Å²) in [5, 5.41) is 20.2. The molecule has 0 aliphatic heterocycles. The van der Waals surface area contributed by atoms with Crippen molar-refractivity contribution in [2.24, 2.45) is 0 Å². The van der Waals surface area contributed by atoms with E-state index < -0.39 is 27.2 Å². The predicted octanol–water partition coefficient (Wildman–Crippen LogP) is 7.82. The standard InChI is InChI=1S/2C12H24O2.2C4H9.GeO2.Sn/c2*1-2-3-4-5-6-7-8-9-10-11-12(13)14;2*1-3-4-2;2-1-3;/h2*2-11H2,1H3,(H,13,14);2*1,3-4H2,2H3;;/q;;;;;+2/p-2. The maximum absolute atomic E-state index is 10.1. The van der Waals surface area contributed by atoms with Crippen molar-refractivity contribution in [3.8, 4) is 0 Å². The van der Waals surface area contributed by atoms with Gasteiger partial charge in [0.2, 0.25) is 0 Å². The molecule has 0 radical (unpaired) electrons. The Bertz CT molecular complexity index is 476. The average molecular weight is 736 g/mol. The van der Waals surface area contributed by atoms with Crippen LogP contribution in [0.3, 0.4) is 0 Å². The van der Waals surface area contributed by atoms with Crippen LogP contribution in [0.1, 0.15) is 182 Å². The Morgan fingerprint density at radius 3 is 0.900 bits per heavy atom. The fourth-order valence-corrected chi connectivity index (χ4v) is 8.05. The van der Waals surface area contributed by atoms with Crippen LogP contribution in [0.4, 0.5) is 0 Å². The van der Waals surface area contributed by atoms with Crippen molar-refractivity contribution in [3.05, 3.63) is 0 Å². The van der Waals surface area contributed by atoms with Gasteiger partial charge in [0, 0.05) is 11.9 Å². The molecule has 40 heavy (non-hydrogen) atoms. The first-order valence-corrected chi connectivity index (χ1v) is 22.2. The predicted molar refractivity (Wildman–Crippen MR) is 166 cm³/mol. The van der Waals surface area contributed by atoms with Crippen LogP contribution >= 0.6 is 0 Å². The van der Waals surface area contributed by atoms with E-state index in [9.17, 15) is 19.8 Å². The zero-order valence-corrected chi connectivity index (χ0v) is 31.8. The monoisotopic (exact) mass is 738 g/mol. The third-order valence-electron chi connectivity index (χ3n) is 6.38. The van der Waals surface area contributed by atoms with Crippen molar-refractivity contribution < 1.29 is 27.4 Å². The number of hydrogen-bond donors (Lipinski definition) is 0. The van der Waals surface area contributed by atoms with E-state index in [1.54, 1.807) is 8.87 Å². The summed E-state index contributed by atoms with van der Waals surface area (Å²) < 4.78 is 20.2. The van der Waals surface area contributed by atoms with E-state index in [1.165, 1.54) is 116 Å². The van der Waals surface area contributed by atoms with Crippen LogP contribution in [-0.2, 0) is 17.1 Å². The molecule has 236 valence electrons. The maximum atomic E-state index is 10.1. The summed E-state index contributed by atoms with van der Waals surface area (Å²) in [6, 6.07) is 0. The summed E-state index contributed by atoms with van der Waals surface area (Å²) in [6.07, 6.45) is 28.2. The quantitative estimate of drug-likeness (QED) is 0.0661. The van der Waals surface area contributed by atoms with Gasteiger partial charge in [-0.1, -0.05) is 117 Å². The molecule has 0 aliphatic carbocycles. The molecule has 0 aromatic carbocycles. The SMILES string of the molecule is CCCCCCCCCCCC(=O)[O-].CCCCCCCCCCCC(=O)[O-].CCC[CH2][Sn+2][CH2]CCC.[O]=[Ge]=[O]. The second-order valence-corrected chi connectivity index (χ2v) is 15.1. The molecule has 0 rings (SSSR count). The molecule has 0 amide bonds. The van der Waals surface area contributed by atoms with Gasteiger partial charge in [0.05, 0.1) is 0 Å². The number of carboxylic acids is 2. The minimum atomic E-state index is -2.00. The van der Waals surface area contributed by atoms with E-state index >= 15 is 0 Å². The Hall–Kier alpha value is -0.118. The Morgan fingerprint density at radius 1 is 0.450 bits per heavy atom. The molecule has 0 aromatic heterocycles. The molecule has 0 spiro atoms. The van der Waals surface area contributed by atoms with E-state index in [0.717, 1.165) is 25.7 Å². The van der Waals surface area contributed by atoms with Crippen LogP contribution in [-0.4, -0.2) is 48.4 Å². The van der Waals surface area contributed by atoms with Gasteiger partial charge < -0.3 is 19.8 Å². The molecule has 0 fully saturated rings. The number of unbranched alkanes of at least 4 members (excludes halogenated alkanes) is 18. The summed E-state index contributed by atoms with van der Waals surface area (Å²) in [5.41, 5.74) is 0. The van der Waals surface area contributed by atoms with Crippen molar-refractivity contribution in [3.63, 3.8) is 0 Å². The minimum absolute atomic E-state index is 0.149. The van der Waals surface area contributed by atoms with Gasteiger partial charge in [0.15, 0.2) is 0 Å². The van der Waals surface area contributed by atoms with Crippen LogP contribution < -0.4 is 10.2 Å². The van der Waals surface area contributed by atoms with E-state index in [2.05, 4.69) is 27.7 Å². The summed E-state index contributed by atoms with van der Waals surface area (Å²) in [4.78, 5) is 20.2. The normalized spacial score (nSPS) is 9.50. The summed E-state index contributed by atoms with van der Waals surface area (Å²) in [5.74, 6) is -1.82. The van der Waals surface area contributed by atoms with Gasteiger partial charge in [-0.05, 0) is 25.7 Å². The van der Waals surface area contributed by atoms with Gasteiger partial charge in [-0.2, -0.15) is 0 Å². The second-order valence-electron chi connectivity index (χ2n) is 10.4. The fourth-order valence-electron chi connectivity index (χ4n) is 3.89. The molecule has 6 nitrogen and oxygen atoms in total. The van der Waals surface area contributed by atoms with E-state index in [-0.39, 0.29) is 34.0 Å². The Morgan fingerprint density at radius 2 is 0.675 bits per heavy atom. The van der Waals surface area contributed by atoms with Crippen LogP contribution in [0.2, 0.25) is 8.87 Å². The average Bonchev–Trinajstić information content (AvgIpc) is 2.92. The van der Waals surface area contributed by atoms with E-state index in [0.29, 0.717) is 0 Å². The van der Waals surface area contributed by atoms with Crippen molar-refractivity contribution in [2.45, 2.75) is 191 Å². The van der Waals surface area contributed by atoms with Crippen molar-refractivity contribution >= 4 is 48.4 Å². The molecular formula is C32H64GeO6Sn. The number of carbonyl (C=O) groups is 2. The topological polar surface area (TPSA) is 114 Å². The molecule has 0 unspecified atom stereocenters. The molecule has 0 aromatic rings. The Labute approximate surface area is 265 Å². The molecule has 8 heteroatoms. The van der Waals surface area contributed by atoms with Gasteiger partial charge in [-0.15, -0.1) is 0 Å². The third-order valence-corrected chi connectivity index (χ3v) is 10.4. The van der Waals surface area contributed by atoms with Gasteiger partial charge >= 0.3 is 92.4 Å². The molecule has 0 saturated heterocycles. The zero-order chi connectivity index (χ0) is 31.0. The third kappa shape index (κ3) is 66.3. The number of carbonyl (C=O) groups excluding carboxylic acids is 2. The van der Waals surface area contributed by atoms with Gasteiger partial charge in [0.25, 0.3) is 0 Å². The summed E-state index contributed by atoms with van der Waals surface area (Å²) in [6.45, 7) is 9.03. The van der Waals surface area contributed by atoms with Gasteiger partial charge in [-0.25, -0.2) is 0 Å². The Balaban J connectivity index is -0.000000236. The van der Waals surface area contributed by atoms with Crippen molar-refractivity contribution in [1.29, 1.82) is 0 Å². The zero-order valence-electron chi connectivity index (χ0n) is 26.8. The van der Waals surface area contributed by atoms with Crippen LogP contribution in [0.5, 0.6) is 0 Å². The number of aliphatic carboxylic acids is 2. The first-order valence-electron chi connectivity index (χ1n) is 16.5. The molecular weight excluding hydrogens is 672 g/mol. The molecule has 0 heterocycles.